The molecule has 0 spiro atoms. The summed E-state index contributed by atoms with van der Waals surface area (Å²) >= 11 is 5.82. The minimum atomic E-state index is -0.493. The highest BCUT2D eigenvalue weighted by atomic mass is 35.5. The highest BCUT2D eigenvalue weighted by Gasteiger charge is 2.32. The van der Waals surface area contributed by atoms with Crippen molar-refractivity contribution in [3.63, 3.8) is 0 Å². The Balaban J connectivity index is 1.86. The molecule has 0 saturated heterocycles. The molecule has 1 aliphatic carbocycles. The molecule has 140 valence electrons. The number of aromatic nitrogens is 2. The molecule has 1 aliphatic rings. The Labute approximate surface area is 160 Å². The number of carbonyl (C=O) groups is 1. The molecule has 0 atom stereocenters. The zero-order valence-electron chi connectivity index (χ0n) is 14.9. The van der Waals surface area contributed by atoms with E-state index in [0.717, 1.165) is 23.8 Å². The molecule has 0 aliphatic heterocycles. The summed E-state index contributed by atoms with van der Waals surface area (Å²) in [5.41, 5.74) is 2.45. The Morgan fingerprint density at radius 1 is 1.26 bits per heavy atom. The van der Waals surface area contributed by atoms with Gasteiger partial charge in [-0.1, -0.05) is 17.7 Å². The molecule has 1 aromatic carbocycles. The number of pyridine rings is 1. The number of esters is 1. The van der Waals surface area contributed by atoms with E-state index in [1.165, 1.54) is 19.2 Å². The second kappa shape index (κ2) is 6.94. The first kappa shape index (κ1) is 17.9. The lowest BCUT2D eigenvalue weighted by Crippen LogP contribution is -2.32. The van der Waals surface area contributed by atoms with Crippen molar-refractivity contribution in [1.29, 1.82) is 0 Å². The number of hydrogen-bond acceptors (Lipinski definition) is 4. The lowest BCUT2D eigenvalue weighted by atomic mass is 9.89. The number of hydrogen-bond donors (Lipinski definition) is 0. The van der Waals surface area contributed by atoms with E-state index in [9.17, 15) is 9.18 Å². The zero-order valence-corrected chi connectivity index (χ0v) is 15.7. The summed E-state index contributed by atoms with van der Waals surface area (Å²) in [4.78, 5) is 16.4. The topological polar surface area (TPSA) is 53.4 Å². The molecule has 0 radical (unpaired) electrons. The summed E-state index contributed by atoms with van der Waals surface area (Å²) in [6.07, 6.45) is 3.89. The summed E-state index contributed by atoms with van der Waals surface area (Å²) in [7, 11) is 3.02. The van der Waals surface area contributed by atoms with E-state index in [-0.39, 0.29) is 22.9 Å². The van der Waals surface area contributed by atoms with E-state index >= 15 is 0 Å². The van der Waals surface area contributed by atoms with Gasteiger partial charge in [0.05, 0.1) is 18.2 Å². The lowest BCUT2D eigenvalue weighted by Gasteiger charge is -2.35. The van der Waals surface area contributed by atoms with Gasteiger partial charge in [0.2, 0.25) is 0 Å². The Kier molecular flexibility index (Phi) is 4.61. The monoisotopic (exact) mass is 388 g/mol. The van der Waals surface area contributed by atoms with Crippen molar-refractivity contribution in [3.05, 3.63) is 53.1 Å². The summed E-state index contributed by atoms with van der Waals surface area (Å²) in [6.45, 7) is 0. The first-order valence-electron chi connectivity index (χ1n) is 8.60. The average molecular weight is 389 g/mol. The summed E-state index contributed by atoms with van der Waals surface area (Å²) < 4.78 is 26.2. The lowest BCUT2D eigenvalue weighted by molar-refractivity contribution is 0.00735. The predicted molar refractivity (Wildman–Crippen MR) is 101 cm³/mol. The SMILES string of the molecule is COC(=O)c1ccc2c(-c3ccc(Cl)c(F)c3)cn(C3CC(OC)C3)c2n1. The molecule has 4 rings (SSSR count). The van der Waals surface area contributed by atoms with Crippen LogP contribution in [0.5, 0.6) is 0 Å². The number of nitrogens with zero attached hydrogens (tertiary/aromatic N) is 2. The fourth-order valence-electron chi connectivity index (χ4n) is 3.47. The van der Waals surface area contributed by atoms with Crippen LogP contribution in [0.3, 0.4) is 0 Å². The number of halogens is 2. The van der Waals surface area contributed by atoms with E-state index in [1.807, 2.05) is 16.8 Å². The van der Waals surface area contributed by atoms with E-state index in [1.54, 1.807) is 19.2 Å². The minimum Gasteiger partial charge on any atom is -0.464 e. The third-order valence-corrected chi connectivity index (χ3v) is 5.41. The average Bonchev–Trinajstić information content (AvgIpc) is 3.01. The highest BCUT2D eigenvalue weighted by molar-refractivity contribution is 6.30. The van der Waals surface area contributed by atoms with E-state index in [0.29, 0.717) is 11.2 Å². The van der Waals surface area contributed by atoms with Gasteiger partial charge in [0.25, 0.3) is 0 Å². The number of methoxy groups -OCH3 is 2. The van der Waals surface area contributed by atoms with Crippen LogP contribution in [0, 0.1) is 5.82 Å². The molecule has 0 bridgehead atoms. The van der Waals surface area contributed by atoms with Gasteiger partial charge in [-0.05, 0) is 42.7 Å². The van der Waals surface area contributed by atoms with Gasteiger partial charge in [-0.15, -0.1) is 0 Å². The van der Waals surface area contributed by atoms with Crippen LogP contribution < -0.4 is 0 Å². The van der Waals surface area contributed by atoms with E-state index in [2.05, 4.69) is 4.98 Å². The molecule has 0 amide bonds. The van der Waals surface area contributed by atoms with Gasteiger partial charge in [-0.25, -0.2) is 14.2 Å². The molecule has 0 N–H and O–H groups in total. The third-order valence-electron chi connectivity index (χ3n) is 5.10. The van der Waals surface area contributed by atoms with Gasteiger partial charge >= 0.3 is 5.97 Å². The molecular formula is C20H18ClFN2O3. The maximum absolute atomic E-state index is 14.0. The van der Waals surface area contributed by atoms with Crippen molar-refractivity contribution in [2.45, 2.75) is 25.0 Å². The fraction of sp³-hybridized carbons (Fsp3) is 0.300. The largest absolute Gasteiger partial charge is 0.464 e. The third kappa shape index (κ3) is 3.09. The number of ether oxygens (including phenoxy) is 2. The van der Waals surface area contributed by atoms with Gasteiger partial charge in [0.1, 0.15) is 11.5 Å². The number of fused-ring (bicyclic) bond motifs is 1. The molecule has 7 heteroatoms. The van der Waals surface area contributed by atoms with Crippen LogP contribution in [0.1, 0.15) is 29.4 Å². The smallest absolute Gasteiger partial charge is 0.356 e. The Morgan fingerprint density at radius 3 is 2.70 bits per heavy atom. The first-order chi connectivity index (χ1) is 13.0. The van der Waals surface area contributed by atoms with Gasteiger partial charge in [-0.3, -0.25) is 0 Å². The van der Waals surface area contributed by atoms with Crippen LogP contribution in [0.2, 0.25) is 5.02 Å². The standard InChI is InChI=1S/C20H18ClFN2O3/c1-26-13-8-12(9-13)24-10-15(11-3-5-16(21)17(22)7-11)14-4-6-18(20(25)27-2)23-19(14)24/h3-7,10,12-13H,8-9H2,1-2H3. The second-order valence-corrected chi connectivity index (χ2v) is 7.03. The quantitative estimate of drug-likeness (QED) is 0.611. The van der Waals surface area contributed by atoms with Gasteiger partial charge in [-0.2, -0.15) is 0 Å². The normalized spacial score (nSPS) is 19.1. The fourth-order valence-corrected chi connectivity index (χ4v) is 3.59. The number of benzene rings is 1. The maximum Gasteiger partial charge on any atom is 0.356 e. The van der Waals surface area contributed by atoms with Crippen LogP contribution in [0.25, 0.3) is 22.2 Å². The minimum absolute atomic E-state index is 0.0792. The molecule has 3 aromatic rings. The Morgan fingerprint density at radius 2 is 2.04 bits per heavy atom. The molecular weight excluding hydrogens is 371 g/mol. The summed E-state index contributed by atoms with van der Waals surface area (Å²) in [5, 5.41) is 0.917. The summed E-state index contributed by atoms with van der Waals surface area (Å²) in [6, 6.07) is 8.37. The van der Waals surface area contributed by atoms with Crippen molar-refractivity contribution in [3.8, 4) is 11.1 Å². The molecule has 0 unspecified atom stereocenters. The van der Waals surface area contributed by atoms with E-state index in [4.69, 9.17) is 21.1 Å². The van der Waals surface area contributed by atoms with Crippen molar-refractivity contribution in [2.75, 3.05) is 14.2 Å². The molecule has 1 fully saturated rings. The van der Waals surface area contributed by atoms with Gasteiger partial charge in [0.15, 0.2) is 5.69 Å². The van der Waals surface area contributed by atoms with Crippen LogP contribution in [0.4, 0.5) is 4.39 Å². The number of rotatable bonds is 4. The molecule has 1 saturated carbocycles. The molecule has 2 aromatic heterocycles. The first-order valence-corrected chi connectivity index (χ1v) is 8.97. The van der Waals surface area contributed by atoms with Crippen LogP contribution >= 0.6 is 11.6 Å². The van der Waals surface area contributed by atoms with Gasteiger partial charge < -0.3 is 14.0 Å². The van der Waals surface area contributed by atoms with Gasteiger partial charge in [0, 0.05) is 30.3 Å². The van der Waals surface area contributed by atoms with Crippen LogP contribution in [-0.4, -0.2) is 35.8 Å². The van der Waals surface area contributed by atoms with Crippen molar-refractivity contribution in [1.82, 2.24) is 9.55 Å². The Bertz CT molecular complexity index is 1030. The molecule has 2 heterocycles. The van der Waals surface area contributed by atoms with Crippen LogP contribution in [-0.2, 0) is 9.47 Å². The second-order valence-electron chi connectivity index (χ2n) is 6.62. The van der Waals surface area contributed by atoms with Crippen molar-refractivity contribution < 1.29 is 18.7 Å². The maximum atomic E-state index is 14.0. The van der Waals surface area contributed by atoms with Crippen molar-refractivity contribution >= 4 is 28.6 Å². The Hall–Kier alpha value is -2.44. The summed E-state index contributed by atoms with van der Waals surface area (Å²) in [5.74, 6) is -0.968. The van der Waals surface area contributed by atoms with E-state index < -0.39 is 11.8 Å². The molecule has 27 heavy (non-hydrogen) atoms. The number of carbonyl (C=O) groups excluding carboxylic acids is 1. The van der Waals surface area contributed by atoms with Crippen molar-refractivity contribution in [2.24, 2.45) is 0 Å². The molecule has 5 nitrogen and oxygen atoms in total. The predicted octanol–water partition coefficient (Wildman–Crippen LogP) is 4.63. The van der Waals surface area contributed by atoms with Crippen LogP contribution in [0.15, 0.2) is 36.5 Å². The highest BCUT2D eigenvalue weighted by Crippen LogP contribution is 2.40. The zero-order chi connectivity index (χ0) is 19.1.